The van der Waals surface area contributed by atoms with Crippen LogP contribution in [-0.4, -0.2) is 40.7 Å². The average molecular weight is 460 g/mol. The van der Waals surface area contributed by atoms with Crippen LogP contribution in [-0.2, 0) is 23.1 Å². The lowest BCUT2D eigenvalue weighted by molar-refractivity contribution is 0.0969. The zero-order chi connectivity index (χ0) is 22.2. The molecule has 0 atom stereocenters. The number of thiophene rings is 1. The zero-order valence-corrected chi connectivity index (χ0v) is 19.2. The first-order valence-corrected chi connectivity index (χ1v) is 12.5. The number of aromatic nitrogens is 2. The van der Waals surface area contributed by atoms with Gasteiger partial charge in [-0.1, -0.05) is 6.07 Å². The number of carbonyl (C=O) groups is 1. The molecule has 0 saturated carbocycles. The number of pyridine rings is 1. The summed E-state index contributed by atoms with van der Waals surface area (Å²) in [6.07, 6.45) is 2.95. The SMILES string of the molecule is Cc1cc(C(=O)Cn2cc(S(=O)(=O)N3CCCC3)ccc2=O)c(C)n1Cc1cccs1. The molecule has 0 aliphatic carbocycles. The molecule has 1 aliphatic heterocycles. The Hall–Kier alpha value is -2.49. The monoisotopic (exact) mass is 459 g/mol. The van der Waals surface area contributed by atoms with Crippen LogP contribution in [0.3, 0.4) is 0 Å². The number of ketones is 1. The van der Waals surface area contributed by atoms with Crippen LogP contribution >= 0.6 is 11.3 Å². The second kappa shape index (κ2) is 8.57. The highest BCUT2D eigenvalue weighted by atomic mass is 32.2. The average Bonchev–Trinajstić information content (AvgIpc) is 3.48. The van der Waals surface area contributed by atoms with E-state index in [1.807, 2.05) is 31.4 Å². The van der Waals surface area contributed by atoms with E-state index in [2.05, 4.69) is 10.6 Å². The summed E-state index contributed by atoms with van der Waals surface area (Å²) >= 11 is 1.66. The zero-order valence-electron chi connectivity index (χ0n) is 17.6. The minimum absolute atomic E-state index is 0.0463. The first kappa shape index (κ1) is 21.7. The van der Waals surface area contributed by atoms with Gasteiger partial charge in [-0.05, 0) is 50.3 Å². The Bertz CT molecular complexity index is 1260. The van der Waals surface area contributed by atoms with Gasteiger partial charge in [0.25, 0.3) is 5.56 Å². The van der Waals surface area contributed by atoms with Crippen molar-refractivity contribution < 1.29 is 13.2 Å². The lowest BCUT2D eigenvalue weighted by atomic mass is 10.1. The van der Waals surface area contributed by atoms with Crippen LogP contribution in [0.25, 0.3) is 0 Å². The van der Waals surface area contributed by atoms with Gasteiger partial charge >= 0.3 is 0 Å². The number of hydrogen-bond donors (Lipinski definition) is 0. The van der Waals surface area contributed by atoms with Gasteiger partial charge < -0.3 is 9.13 Å². The summed E-state index contributed by atoms with van der Waals surface area (Å²) in [7, 11) is -3.66. The summed E-state index contributed by atoms with van der Waals surface area (Å²) in [5.74, 6) is -0.219. The molecule has 1 fully saturated rings. The molecular formula is C22H25N3O4S2. The molecule has 4 heterocycles. The molecule has 0 N–H and O–H groups in total. The predicted octanol–water partition coefficient (Wildman–Crippen LogP) is 3.04. The van der Waals surface area contributed by atoms with Crippen LogP contribution < -0.4 is 5.56 Å². The summed E-state index contributed by atoms with van der Waals surface area (Å²) < 4.78 is 30.4. The molecule has 1 saturated heterocycles. The van der Waals surface area contributed by atoms with E-state index in [4.69, 9.17) is 0 Å². The maximum Gasteiger partial charge on any atom is 0.251 e. The van der Waals surface area contributed by atoms with E-state index >= 15 is 0 Å². The van der Waals surface area contributed by atoms with Gasteiger partial charge in [-0.2, -0.15) is 4.31 Å². The molecule has 0 unspecified atom stereocenters. The number of carbonyl (C=O) groups excluding carboxylic acids is 1. The Morgan fingerprint density at radius 2 is 1.87 bits per heavy atom. The maximum atomic E-state index is 13.0. The van der Waals surface area contributed by atoms with E-state index in [1.54, 1.807) is 11.3 Å². The van der Waals surface area contributed by atoms with Crippen molar-refractivity contribution in [2.75, 3.05) is 13.1 Å². The lowest BCUT2D eigenvalue weighted by Gasteiger charge is -2.16. The summed E-state index contributed by atoms with van der Waals surface area (Å²) in [4.78, 5) is 26.6. The van der Waals surface area contributed by atoms with E-state index in [0.29, 0.717) is 25.2 Å². The van der Waals surface area contributed by atoms with Crippen molar-refractivity contribution in [3.8, 4) is 0 Å². The summed E-state index contributed by atoms with van der Waals surface area (Å²) in [6.45, 7) is 5.29. The fourth-order valence-electron chi connectivity index (χ4n) is 3.99. The lowest BCUT2D eigenvalue weighted by Crippen LogP contribution is -2.30. The first-order chi connectivity index (χ1) is 14.8. The normalized spacial score (nSPS) is 14.9. The molecule has 3 aromatic heterocycles. The Labute approximate surface area is 185 Å². The largest absolute Gasteiger partial charge is 0.343 e. The Morgan fingerprint density at radius 3 is 2.55 bits per heavy atom. The van der Waals surface area contributed by atoms with Gasteiger partial charge in [0.2, 0.25) is 10.0 Å². The second-order valence-corrected chi connectivity index (χ2v) is 10.8. The number of hydrogen-bond acceptors (Lipinski definition) is 5. The highest BCUT2D eigenvalue weighted by Crippen LogP contribution is 2.22. The fraction of sp³-hybridized carbons (Fsp3) is 0.364. The molecule has 7 nitrogen and oxygen atoms in total. The molecule has 0 bridgehead atoms. The van der Waals surface area contributed by atoms with Crippen LogP contribution in [0, 0.1) is 13.8 Å². The molecule has 31 heavy (non-hydrogen) atoms. The quantitative estimate of drug-likeness (QED) is 0.509. The minimum Gasteiger partial charge on any atom is -0.343 e. The van der Waals surface area contributed by atoms with E-state index in [-0.39, 0.29) is 17.2 Å². The van der Waals surface area contributed by atoms with Crippen molar-refractivity contribution in [2.24, 2.45) is 0 Å². The van der Waals surface area contributed by atoms with Crippen LogP contribution in [0.15, 0.2) is 51.6 Å². The van der Waals surface area contributed by atoms with Crippen molar-refractivity contribution >= 4 is 27.1 Å². The molecule has 164 valence electrons. The summed E-state index contributed by atoms with van der Waals surface area (Å²) in [6, 6.07) is 8.42. The maximum absolute atomic E-state index is 13.0. The Balaban J connectivity index is 1.60. The number of sulfonamides is 1. The van der Waals surface area contributed by atoms with Gasteiger partial charge in [0.15, 0.2) is 5.78 Å². The number of nitrogens with zero attached hydrogens (tertiary/aromatic N) is 3. The van der Waals surface area contributed by atoms with E-state index < -0.39 is 15.6 Å². The van der Waals surface area contributed by atoms with Crippen LogP contribution in [0.2, 0.25) is 0 Å². The third kappa shape index (κ3) is 4.30. The molecule has 9 heteroatoms. The second-order valence-electron chi connectivity index (χ2n) is 7.82. The smallest absolute Gasteiger partial charge is 0.251 e. The topological polar surface area (TPSA) is 81.4 Å². The molecule has 0 amide bonds. The Kier molecular flexibility index (Phi) is 6.00. The van der Waals surface area contributed by atoms with Crippen molar-refractivity contribution in [1.82, 2.24) is 13.4 Å². The summed E-state index contributed by atoms with van der Waals surface area (Å²) in [5, 5.41) is 2.02. The van der Waals surface area contributed by atoms with Gasteiger partial charge in [-0.3, -0.25) is 9.59 Å². The molecule has 0 radical (unpaired) electrons. The highest BCUT2D eigenvalue weighted by molar-refractivity contribution is 7.89. The van der Waals surface area contributed by atoms with Crippen molar-refractivity contribution in [3.63, 3.8) is 0 Å². The minimum atomic E-state index is -3.66. The van der Waals surface area contributed by atoms with Gasteiger partial charge in [-0.15, -0.1) is 11.3 Å². The standard InChI is InChI=1S/C22H25N3O4S2/c1-16-12-20(17(2)25(16)13-18-6-5-11-30-18)21(26)15-23-14-19(7-8-22(23)27)31(28,29)24-9-3-4-10-24/h5-8,11-12,14H,3-4,9-10,13,15H2,1-2H3. The number of Topliss-reactive ketones (excluding diaryl/α,β-unsaturated/α-hetero) is 1. The van der Waals surface area contributed by atoms with Crippen molar-refractivity contribution in [1.29, 1.82) is 0 Å². The van der Waals surface area contributed by atoms with Crippen molar-refractivity contribution in [3.05, 3.63) is 74.1 Å². The van der Waals surface area contributed by atoms with E-state index in [1.165, 1.54) is 32.1 Å². The van der Waals surface area contributed by atoms with Crippen LogP contribution in [0.5, 0.6) is 0 Å². The van der Waals surface area contributed by atoms with Gasteiger partial charge in [0.1, 0.15) is 0 Å². The molecule has 1 aliphatic rings. The third-order valence-electron chi connectivity index (χ3n) is 5.74. The Morgan fingerprint density at radius 1 is 1.13 bits per heavy atom. The van der Waals surface area contributed by atoms with Gasteiger partial charge in [0, 0.05) is 47.2 Å². The number of rotatable bonds is 7. The van der Waals surface area contributed by atoms with E-state index in [0.717, 1.165) is 24.2 Å². The molecule has 4 rings (SSSR count). The number of aryl methyl sites for hydroxylation is 1. The molecule has 3 aromatic rings. The van der Waals surface area contributed by atoms with E-state index in [9.17, 15) is 18.0 Å². The van der Waals surface area contributed by atoms with Gasteiger partial charge in [0.05, 0.1) is 18.0 Å². The molecule has 0 aromatic carbocycles. The highest BCUT2D eigenvalue weighted by Gasteiger charge is 2.28. The van der Waals surface area contributed by atoms with Crippen LogP contribution in [0.4, 0.5) is 0 Å². The molecular weight excluding hydrogens is 434 g/mol. The van der Waals surface area contributed by atoms with Gasteiger partial charge in [-0.25, -0.2) is 8.42 Å². The third-order valence-corrected chi connectivity index (χ3v) is 8.48. The molecule has 0 spiro atoms. The summed E-state index contributed by atoms with van der Waals surface area (Å²) in [5.41, 5.74) is 1.95. The van der Waals surface area contributed by atoms with Crippen molar-refractivity contribution in [2.45, 2.75) is 44.7 Å². The predicted molar refractivity (Wildman–Crippen MR) is 120 cm³/mol. The fourth-order valence-corrected chi connectivity index (χ4v) is 6.22. The first-order valence-electron chi connectivity index (χ1n) is 10.2. The van der Waals surface area contributed by atoms with Crippen LogP contribution in [0.1, 0.15) is 39.5 Å².